The van der Waals surface area contributed by atoms with Gasteiger partial charge in [-0.3, -0.25) is 4.98 Å². The van der Waals surface area contributed by atoms with Crippen LogP contribution < -0.4 is 5.32 Å². The van der Waals surface area contributed by atoms with Crippen molar-refractivity contribution < 1.29 is 0 Å². The third kappa shape index (κ3) is 3.63. The van der Waals surface area contributed by atoms with Crippen LogP contribution in [-0.4, -0.2) is 9.97 Å². The lowest BCUT2D eigenvalue weighted by molar-refractivity contribution is 1.30. The average molecular weight is 269 g/mol. The van der Waals surface area contributed by atoms with Crippen molar-refractivity contribution in [3.63, 3.8) is 0 Å². The Bertz CT molecular complexity index is 597. The molecule has 96 valence electrons. The molecule has 2 aromatic heterocycles. The van der Waals surface area contributed by atoms with Gasteiger partial charge in [0.25, 0.3) is 0 Å². The van der Waals surface area contributed by atoms with E-state index < -0.39 is 0 Å². The van der Waals surface area contributed by atoms with Gasteiger partial charge in [-0.25, -0.2) is 4.98 Å². The maximum absolute atomic E-state index is 4.56. The Labute approximate surface area is 117 Å². The molecule has 0 aliphatic heterocycles. The van der Waals surface area contributed by atoms with Gasteiger partial charge in [0.15, 0.2) is 5.13 Å². The largest absolute Gasteiger partial charge is 0.332 e. The molecule has 2 aromatic rings. The molecule has 0 bridgehead atoms. The second kappa shape index (κ2) is 6.66. The number of allylic oxidation sites excluding steroid dienone is 4. The predicted octanol–water partition coefficient (Wildman–Crippen LogP) is 4.26. The van der Waals surface area contributed by atoms with E-state index in [0.717, 1.165) is 22.1 Å². The van der Waals surface area contributed by atoms with E-state index in [4.69, 9.17) is 0 Å². The molecule has 0 aliphatic carbocycles. The lowest BCUT2D eigenvalue weighted by Crippen LogP contribution is -1.95. The quantitative estimate of drug-likeness (QED) is 0.824. The molecule has 0 unspecified atom stereocenters. The zero-order valence-corrected chi connectivity index (χ0v) is 11.5. The summed E-state index contributed by atoms with van der Waals surface area (Å²) in [6.45, 7) is 5.68. The highest BCUT2D eigenvalue weighted by molar-refractivity contribution is 7.14. The molecule has 19 heavy (non-hydrogen) atoms. The first kappa shape index (κ1) is 13.2. The minimum Gasteiger partial charge on any atom is -0.332 e. The van der Waals surface area contributed by atoms with Gasteiger partial charge in [0.1, 0.15) is 0 Å². The third-order valence-corrected chi connectivity index (χ3v) is 3.13. The van der Waals surface area contributed by atoms with Crippen LogP contribution in [0.1, 0.15) is 6.92 Å². The van der Waals surface area contributed by atoms with Crippen molar-refractivity contribution in [2.45, 2.75) is 6.92 Å². The second-order valence-electron chi connectivity index (χ2n) is 3.76. The van der Waals surface area contributed by atoms with Crippen molar-refractivity contribution in [3.05, 3.63) is 66.5 Å². The van der Waals surface area contributed by atoms with Crippen molar-refractivity contribution in [2.75, 3.05) is 5.32 Å². The molecule has 0 fully saturated rings. The van der Waals surface area contributed by atoms with Crippen LogP contribution in [0.25, 0.3) is 11.3 Å². The van der Waals surface area contributed by atoms with Crippen molar-refractivity contribution in [2.24, 2.45) is 0 Å². The van der Waals surface area contributed by atoms with Gasteiger partial charge in [-0.1, -0.05) is 18.7 Å². The number of hydrogen-bond donors (Lipinski definition) is 1. The van der Waals surface area contributed by atoms with E-state index in [0.29, 0.717) is 0 Å². The molecule has 0 spiro atoms. The zero-order valence-electron chi connectivity index (χ0n) is 10.7. The standard InChI is InChI=1S/C15H15N3S/c1-3-5-13(6-4-2)17-15-18-14(11-19-15)12-7-9-16-10-8-12/h3-11H,1H2,2H3,(H,17,18)/b6-4-,13-5+. The number of nitrogens with one attached hydrogen (secondary N) is 1. The summed E-state index contributed by atoms with van der Waals surface area (Å²) >= 11 is 1.57. The SMILES string of the molecule is C=C/C=C(\C=C/C)Nc1nc(-c2ccncc2)cs1. The topological polar surface area (TPSA) is 37.8 Å². The molecule has 0 saturated carbocycles. The molecule has 0 saturated heterocycles. The van der Waals surface area contributed by atoms with Crippen LogP contribution in [0.3, 0.4) is 0 Å². The van der Waals surface area contributed by atoms with Crippen LogP contribution in [-0.2, 0) is 0 Å². The fourth-order valence-electron chi connectivity index (χ4n) is 1.56. The molecule has 0 atom stereocenters. The van der Waals surface area contributed by atoms with Crippen LogP contribution in [0.2, 0.25) is 0 Å². The number of pyridine rings is 1. The summed E-state index contributed by atoms with van der Waals surface area (Å²) in [4.78, 5) is 8.56. The first-order valence-corrected chi connectivity index (χ1v) is 6.80. The second-order valence-corrected chi connectivity index (χ2v) is 4.61. The summed E-state index contributed by atoms with van der Waals surface area (Å²) in [6.07, 6.45) is 11.2. The highest BCUT2D eigenvalue weighted by atomic mass is 32.1. The van der Waals surface area contributed by atoms with Crippen LogP contribution in [0, 0.1) is 0 Å². The Morgan fingerprint density at radius 3 is 2.84 bits per heavy atom. The number of nitrogens with zero attached hydrogens (tertiary/aromatic N) is 2. The average Bonchev–Trinajstić information content (AvgIpc) is 2.89. The minimum absolute atomic E-state index is 0.859. The summed E-state index contributed by atoms with van der Waals surface area (Å²) in [5.41, 5.74) is 2.99. The summed E-state index contributed by atoms with van der Waals surface area (Å²) in [6, 6.07) is 3.90. The van der Waals surface area contributed by atoms with Gasteiger partial charge in [0, 0.05) is 29.0 Å². The Hall–Kier alpha value is -2.20. The summed E-state index contributed by atoms with van der Waals surface area (Å²) in [5.74, 6) is 0. The van der Waals surface area contributed by atoms with E-state index in [2.05, 4.69) is 21.9 Å². The van der Waals surface area contributed by atoms with Gasteiger partial charge in [-0.2, -0.15) is 0 Å². The fraction of sp³-hybridized carbons (Fsp3) is 0.0667. The number of thiazole rings is 1. The van der Waals surface area contributed by atoms with Crippen molar-refractivity contribution in [1.82, 2.24) is 9.97 Å². The summed E-state index contributed by atoms with van der Waals surface area (Å²) in [5, 5.41) is 6.15. The van der Waals surface area contributed by atoms with E-state index in [-0.39, 0.29) is 0 Å². The first-order chi connectivity index (χ1) is 9.33. The summed E-state index contributed by atoms with van der Waals surface area (Å²) in [7, 11) is 0. The van der Waals surface area contributed by atoms with E-state index >= 15 is 0 Å². The number of aromatic nitrogens is 2. The molecular weight excluding hydrogens is 254 g/mol. The highest BCUT2D eigenvalue weighted by Gasteiger charge is 2.04. The molecule has 3 nitrogen and oxygen atoms in total. The molecule has 2 rings (SSSR count). The van der Waals surface area contributed by atoms with E-state index in [1.54, 1.807) is 29.8 Å². The van der Waals surface area contributed by atoms with Gasteiger partial charge >= 0.3 is 0 Å². The van der Waals surface area contributed by atoms with Crippen molar-refractivity contribution in [1.29, 1.82) is 0 Å². The van der Waals surface area contributed by atoms with Crippen LogP contribution in [0.15, 0.2) is 66.5 Å². The normalized spacial score (nSPS) is 11.7. The Kier molecular flexibility index (Phi) is 4.64. The Morgan fingerprint density at radius 2 is 2.16 bits per heavy atom. The van der Waals surface area contributed by atoms with Crippen molar-refractivity contribution in [3.8, 4) is 11.3 Å². The van der Waals surface area contributed by atoms with Crippen LogP contribution in [0.4, 0.5) is 5.13 Å². The molecular formula is C15H15N3S. The molecule has 2 heterocycles. The lowest BCUT2D eigenvalue weighted by atomic mass is 10.2. The maximum atomic E-state index is 4.56. The molecule has 0 aromatic carbocycles. The van der Waals surface area contributed by atoms with E-state index in [9.17, 15) is 0 Å². The van der Waals surface area contributed by atoms with Gasteiger partial charge in [-0.05, 0) is 31.2 Å². The maximum Gasteiger partial charge on any atom is 0.187 e. The predicted molar refractivity (Wildman–Crippen MR) is 82.1 cm³/mol. The fourth-order valence-corrected chi connectivity index (χ4v) is 2.30. The van der Waals surface area contributed by atoms with Gasteiger partial charge in [-0.15, -0.1) is 11.3 Å². The highest BCUT2D eigenvalue weighted by Crippen LogP contribution is 2.25. The molecule has 0 amide bonds. The van der Waals surface area contributed by atoms with Gasteiger partial charge in [0.2, 0.25) is 0 Å². The monoisotopic (exact) mass is 269 g/mol. The Morgan fingerprint density at radius 1 is 1.37 bits per heavy atom. The molecule has 0 aliphatic rings. The molecule has 4 heteroatoms. The van der Waals surface area contributed by atoms with Crippen molar-refractivity contribution >= 4 is 16.5 Å². The number of hydrogen-bond acceptors (Lipinski definition) is 4. The van der Waals surface area contributed by atoms with Gasteiger partial charge < -0.3 is 5.32 Å². The lowest BCUT2D eigenvalue weighted by Gasteiger charge is -2.02. The van der Waals surface area contributed by atoms with E-state index in [1.807, 2.05) is 42.7 Å². The zero-order chi connectivity index (χ0) is 13.5. The summed E-state index contributed by atoms with van der Waals surface area (Å²) < 4.78 is 0. The smallest absolute Gasteiger partial charge is 0.187 e. The Balaban J connectivity index is 2.18. The van der Waals surface area contributed by atoms with E-state index in [1.165, 1.54) is 0 Å². The molecule has 1 N–H and O–H groups in total. The number of anilines is 1. The van der Waals surface area contributed by atoms with Crippen LogP contribution in [0.5, 0.6) is 0 Å². The first-order valence-electron chi connectivity index (χ1n) is 5.92. The molecule has 0 radical (unpaired) electrons. The minimum atomic E-state index is 0.859. The number of rotatable bonds is 5. The third-order valence-electron chi connectivity index (χ3n) is 2.38. The van der Waals surface area contributed by atoms with Gasteiger partial charge in [0.05, 0.1) is 5.69 Å². The van der Waals surface area contributed by atoms with Crippen LogP contribution >= 0.6 is 11.3 Å².